The third kappa shape index (κ3) is 4.97. The van der Waals surface area contributed by atoms with Crippen LogP contribution < -0.4 is 5.32 Å². The lowest BCUT2D eigenvalue weighted by Gasteiger charge is -2.07. The molecule has 14 heavy (non-hydrogen) atoms. The molecule has 0 aliphatic carbocycles. The van der Waals surface area contributed by atoms with Crippen LogP contribution in [0, 0.1) is 0 Å². The molecule has 0 aliphatic rings. The second-order valence-corrected chi connectivity index (χ2v) is 3.89. The molecular weight excluding hydrogens is 172 g/mol. The first-order valence-electron chi connectivity index (χ1n) is 5.42. The van der Waals surface area contributed by atoms with Gasteiger partial charge in [-0.1, -0.05) is 19.9 Å². The van der Waals surface area contributed by atoms with E-state index in [4.69, 9.17) is 0 Å². The number of aryl methyl sites for hydroxylation is 1. The van der Waals surface area contributed by atoms with E-state index >= 15 is 0 Å². The Morgan fingerprint density at radius 3 is 2.79 bits per heavy atom. The van der Waals surface area contributed by atoms with Crippen LogP contribution >= 0.6 is 0 Å². The van der Waals surface area contributed by atoms with Gasteiger partial charge in [0, 0.05) is 17.9 Å². The molecule has 2 nitrogen and oxygen atoms in total. The highest BCUT2D eigenvalue weighted by molar-refractivity contribution is 5.03. The van der Waals surface area contributed by atoms with Gasteiger partial charge in [-0.15, -0.1) is 0 Å². The highest BCUT2D eigenvalue weighted by Gasteiger charge is 1.94. The molecule has 0 atom stereocenters. The molecule has 0 amide bonds. The second kappa shape index (κ2) is 6.55. The fourth-order valence-electron chi connectivity index (χ4n) is 1.37. The van der Waals surface area contributed by atoms with Crippen molar-refractivity contribution in [2.75, 3.05) is 6.54 Å². The molecule has 1 heterocycles. The highest BCUT2D eigenvalue weighted by atomic mass is 14.9. The summed E-state index contributed by atoms with van der Waals surface area (Å²) in [4.78, 5) is 4.29. The first kappa shape index (κ1) is 11.2. The molecule has 0 radical (unpaired) electrons. The van der Waals surface area contributed by atoms with E-state index in [0.717, 1.165) is 13.0 Å². The predicted molar refractivity (Wildman–Crippen MR) is 60.3 cm³/mol. The molecule has 1 N–H and O–H groups in total. The number of unbranched alkanes of at least 4 members (excludes halogenated alkanes) is 1. The quantitative estimate of drug-likeness (QED) is 0.700. The normalized spacial score (nSPS) is 10.8. The van der Waals surface area contributed by atoms with Crippen molar-refractivity contribution in [1.82, 2.24) is 10.3 Å². The molecule has 2 heteroatoms. The van der Waals surface area contributed by atoms with Crippen molar-refractivity contribution >= 4 is 0 Å². The van der Waals surface area contributed by atoms with Gasteiger partial charge in [0.2, 0.25) is 0 Å². The van der Waals surface area contributed by atoms with Crippen LogP contribution in [-0.4, -0.2) is 17.6 Å². The van der Waals surface area contributed by atoms with Crippen LogP contribution in [0.2, 0.25) is 0 Å². The van der Waals surface area contributed by atoms with Gasteiger partial charge in [-0.25, -0.2) is 0 Å². The van der Waals surface area contributed by atoms with Gasteiger partial charge in [0.1, 0.15) is 0 Å². The number of rotatable bonds is 6. The lowest BCUT2D eigenvalue weighted by Crippen LogP contribution is -2.23. The van der Waals surface area contributed by atoms with Crippen LogP contribution in [0.1, 0.15) is 32.4 Å². The Labute approximate surface area is 86.8 Å². The summed E-state index contributed by atoms with van der Waals surface area (Å²) in [5, 5.41) is 3.41. The Morgan fingerprint density at radius 2 is 2.14 bits per heavy atom. The summed E-state index contributed by atoms with van der Waals surface area (Å²) in [7, 11) is 0. The van der Waals surface area contributed by atoms with E-state index in [9.17, 15) is 0 Å². The maximum absolute atomic E-state index is 4.29. The van der Waals surface area contributed by atoms with Crippen LogP contribution in [0.25, 0.3) is 0 Å². The minimum atomic E-state index is 0.602. The first-order valence-corrected chi connectivity index (χ1v) is 5.42. The van der Waals surface area contributed by atoms with Gasteiger partial charge in [0.05, 0.1) is 0 Å². The molecule has 0 spiro atoms. The van der Waals surface area contributed by atoms with Crippen molar-refractivity contribution in [2.24, 2.45) is 0 Å². The van der Waals surface area contributed by atoms with Crippen molar-refractivity contribution in [3.63, 3.8) is 0 Å². The zero-order chi connectivity index (χ0) is 10.2. The predicted octanol–water partition coefficient (Wildman–Crippen LogP) is 2.40. The number of hydrogen-bond donors (Lipinski definition) is 1. The molecule has 1 aromatic heterocycles. The van der Waals surface area contributed by atoms with Gasteiger partial charge in [0.25, 0.3) is 0 Å². The van der Waals surface area contributed by atoms with E-state index in [2.05, 4.69) is 36.3 Å². The van der Waals surface area contributed by atoms with E-state index in [1.165, 1.54) is 18.5 Å². The Kier molecular flexibility index (Phi) is 5.23. The monoisotopic (exact) mass is 192 g/mol. The number of aromatic nitrogens is 1. The Bertz CT molecular complexity index is 231. The van der Waals surface area contributed by atoms with Gasteiger partial charge in [-0.05, 0) is 37.9 Å². The maximum atomic E-state index is 4.29. The van der Waals surface area contributed by atoms with Gasteiger partial charge in [-0.2, -0.15) is 0 Å². The minimum Gasteiger partial charge on any atom is -0.315 e. The van der Waals surface area contributed by atoms with E-state index in [0.29, 0.717) is 6.04 Å². The molecular formula is C12H20N2. The summed E-state index contributed by atoms with van der Waals surface area (Å²) in [5.74, 6) is 0. The lowest BCUT2D eigenvalue weighted by molar-refractivity contribution is 0.556. The van der Waals surface area contributed by atoms with E-state index in [1.54, 1.807) is 0 Å². The number of nitrogens with one attached hydrogen (secondary N) is 1. The van der Waals surface area contributed by atoms with E-state index < -0.39 is 0 Å². The Hall–Kier alpha value is -0.890. The minimum absolute atomic E-state index is 0.602. The zero-order valence-electron chi connectivity index (χ0n) is 9.16. The van der Waals surface area contributed by atoms with Crippen molar-refractivity contribution in [3.05, 3.63) is 30.1 Å². The highest BCUT2D eigenvalue weighted by Crippen LogP contribution is 2.00. The molecule has 0 fully saturated rings. The van der Waals surface area contributed by atoms with Crippen LogP contribution in [0.4, 0.5) is 0 Å². The average Bonchev–Trinajstić information content (AvgIpc) is 2.18. The molecule has 1 rings (SSSR count). The molecule has 0 aromatic carbocycles. The maximum Gasteiger partial charge on any atom is 0.0403 e. The molecule has 0 bridgehead atoms. The fraction of sp³-hybridized carbons (Fsp3) is 0.583. The van der Waals surface area contributed by atoms with Crippen molar-refractivity contribution in [2.45, 2.75) is 39.2 Å². The smallest absolute Gasteiger partial charge is 0.0403 e. The molecule has 78 valence electrons. The summed E-state index contributed by atoms with van der Waals surface area (Å²) in [6, 6.07) is 6.71. The zero-order valence-corrected chi connectivity index (χ0v) is 9.16. The summed E-state index contributed by atoms with van der Waals surface area (Å²) in [5.41, 5.74) is 1.21. The third-order valence-electron chi connectivity index (χ3n) is 2.14. The summed E-state index contributed by atoms with van der Waals surface area (Å²) >= 11 is 0. The summed E-state index contributed by atoms with van der Waals surface area (Å²) in [6.45, 7) is 5.47. The molecule has 0 aliphatic heterocycles. The molecule has 0 saturated carbocycles. The van der Waals surface area contributed by atoms with Crippen LogP contribution in [0.15, 0.2) is 24.4 Å². The Balaban J connectivity index is 2.05. The average molecular weight is 192 g/mol. The topological polar surface area (TPSA) is 24.9 Å². The lowest BCUT2D eigenvalue weighted by atomic mass is 10.2. The summed E-state index contributed by atoms with van der Waals surface area (Å²) < 4.78 is 0. The molecule has 0 saturated heterocycles. The van der Waals surface area contributed by atoms with Gasteiger partial charge < -0.3 is 5.32 Å². The van der Waals surface area contributed by atoms with E-state index in [-0.39, 0.29) is 0 Å². The Morgan fingerprint density at radius 1 is 1.29 bits per heavy atom. The van der Waals surface area contributed by atoms with Gasteiger partial charge >= 0.3 is 0 Å². The van der Waals surface area contributed by atoms with Crippen LogP contribution in [-0.2, 0) is 6.42 Å². The van der Waals surface area contributed by atoms with Crippen molar-refractivity contribution in [1.29, 1.82) is 0 Å². The van der Waals surface area contributed by atoms with Crippen molar-refractivity contribution in [3.8, 4) is 0 Å². The van der Waals surface area contributed by atoms with E-state index in [1.807, 2.05) is 12.3 Å². The number of hydrogen-bond acceptors (Lipinski definition) is 2. The fourth-order valence-corrected chi connectivity index (χ4v) is 1.37. The largest absolute Gasteiger partial charge is 0.315 e. The first-order chi connectivity index (χ1) is 6.79. The molecule has 0 unspecified atom stereocenters. The number of pyridine rings is 1. The third-order valence-corrected chi connectivity index (χ3v) is 2.14. The van der Waals surface area contributed by atoms with Crippen LogP contribution in [0.3, 0.4) is 0 Å². The summed E-state index contributed by atoms with van der Waals surface area (Å²) in [6.07, 6.45) is 5.41. The van der Waals surface area contributed by atoms with Crippen molar-refractivity contribution < 1.29 is 0 Å². The second-order valence-electron chi connectivity index (χ2n) is 3.89. The van der Waals surface area contributed by atoms with Gasteiger partial charge in [0.15, 0.2) is 0 Å². The SMILES string of the molecule is CC(C)NCCCCc1ccccn1. The molecule has 1 aromatic rings. The van der Waals surface area contributed by atoms with Gasteiger partial charge in [-0.3, -0.25) is 4.98 Å². The van der Waals surface area contributed by atoms with Crippen LogP contribution in [0.5, 0.6) is 0 Å². The number of nitrogens with zero attached hydrogens (tertiary/aromatic N) is 1. The standard InChI is InChI=1S/C12H20N2/c1-11(2)13-9-5-3-7-12-8-4-6-10-14-12/h4,6,8,10-11,13H,3,5,7,9H2,1-2H3.